The summed E-state index contributed by atoms with van der Waals surface area (Å²) in [6.45, 7) is 0.999. The molecular weight excluding hydrogens is 322 g/mol. The van der Waals surface area contributed by atoms with Crippen molar-refractivity contribution in [2.45, 2.75) is 31.6 Å². The lowest BCUT2D eigenvalue weighted by Crippen LogP contribution is -2.20. The van der Waals surface area contributed by atoms with Gasteiger partial charge in [-0.1, -0.05) is 72.8 Å². The Kier molecular flexibility index (Phi) is 4.63. The molecular formula is C23H23NO2. The van der Waals surface area contributed by atoms with Gasteiger partial charge in [-0.2, -0.15) is 0 Å². The van der Waals surface area contributed by atoms with Crippen molar-refractivity contribution in [3.8, 4) is 11.5 Å². The molecule has 0 radical (unpaired) electrons. The molecule has 0 saturated heterocycles. The van der Waals surface area contributed by atoms with Gasteiger partial charge >= 0.3 is 0 Å². The van der Waals surface area contributed by atoms with Crippen LogP contribution in [0.5, 0.6) is 11.5 Å². The van der Waals surface area contributed by atoms with Crippen LogP contribution >= 0.6 is 0 Å². The number of hydrogen-bond donors (Lipinski definition) is 1. The monoisotopic (exact) mass is 345 g/mol. The van der Waals surface area contributed by atoms with Crippen LogP contribution in [-0.4, -0.2) is 0 Å². The van der Waals surface area contributed by atoms with Crippen molar-refractivity contribution in [3.63, 3.8) is 0 Å². The van der Waals surface area contributed by atoms with E-state index in [1.165, 1.54) is 0 Å². The number of hydrogen-bond acceptors (Lipinski definition) is 3. The topological polar surface area (TPSA) is 44.5 Å². The average Bonchev–Trinajstić information content (AvgIpc) is 3.45. The second-order valence-electron chi connectivity index (χ2n) is 6.84. The minimum absolute atomic E-state index is 0.280. The molecule has 0 aromatic heterocycles. The van der Waals surface area contributed by atoms with Gasteiger partial charge in [0.25, 0.3) is 0 Å². The summed E-state index contributed by atoms with van der Waals surface area (Å²) < 4.78 is 12.3. The molecule has 3 aromatic rings. The Morgan fingerprint density at radius 3 is 1.85 bits per heavy atom. The minimum Gasteiger partial charge on any atom is -0.485 e. The van der Waals surface area contributed by atoms with E-state index in [4.69, 9.17) is 15.2 Å². The van der Waals surface area contributed by atoms with Crippen molar-refractivity contribution in [2.24, 2.45) is 5.73 Å². The fourth-order valence-corrected chi connectivity index (χ4v) is 3.04. The lowest BCUT2D eigenvalue weighted by atomic mass is 10.0. The Balaban J connectivity index is 1.58. The van der Waals surface area contributed by atoms with Gasteiger partial charge in [-0.15, -0.1) is 0 Å². The molecule has 1 aliphatic carbocycles. The first-order valence-electron chi connectivity index (χ1n) is 9.00. The van der Waals surface area contributed by atoms with Crippen LogP contribution in [0.4, 0.5) is 0 Å². The van der Waals surface area contributed by atoms with Gasteiger partial charge in [-0.3, -0.25) is 0 Å². The zero-order chi connectivity index (χ0) is 17.8. The van der Waals surface area contributed by atoms with Crippen LogP contribution in [0.2, 0.25) is 0 Å². The predicted molar refractivity (Wildman–Crippen MR) is 103 cm³/mol. The van der Waals surface area contributed by atoms with E-state index in [-0.39, 0.29) is 5.54 Å². The summed E-state index contributed by atoms with van der Waals surface area (Å²) in [5, 5.41) is 0. The van der Waals surface area contributed by atoms with Crippen LogP contribution in [0.3, 0.4) is 0 Å². The largest absolute Gasteiger partial charge is 0.485 e. The second kappa shape index (κ2) is 7.22. The third-order valence-electron chi connectivity index (χ3n) is 4.77. The van der Waals surface area contributed by atoms with E-state index in [1.54, 1.807) is 0 Å². The fourth-order valence-electron chi connectivity index (χ4n) is 3.04. The van der Waals surface area contributed by atoms with Crippen molar-refractivity contribution in [1.82, 2.24) is 0 Å². The van der Waals surface area contributed by atoms with Gasteiger partial charge in [-0.25, -0.2) is 0 Å². The van der Waals surface area contributed by atoms with E-state index in [0.717, 1.165) is 41.0 Å². The number of ether oxygens (including phenoxy) is 2. The number of nitrogens with two attached hydrogens (primary N) is 1. The number of rotatable bonds is 7. The molecule has 3 aromatic carbocycles. The minimum atomic E-state index is -0.280. The zero-order valence-corrected chi connectivity index (χ0v) is 14.7. The molecule has 4 rings (SSSR count). The molecule has 3 heteroatoms. The van der Waals surface area contributed by atoms with Crippen LogP contribution in [-0.2, 0) is 18.8 Å². The summed E-state index contributed by atoms with van der Waals surface area (Å²) in [6.07, 6.45) is 1.97. The van der Waals surface area contributed by atoms with E-state index in [9.17, 15) is 0 Å². The van der Waals surface area contributed by atoms with Gasteiger partial charge in [0.1, 0.15) is 13.2 Å². The van der Waals surface area contributed by atoms with Gasteiger partial charge in [0.15, 0.2) is 11.5 Å². The fraction of sp³-hybridized carbons (Fsp3) is 0.217. The Bertz CT molecular complexity index is 858. The Morgan fingerprint density at radius 2 is 1.27 bits per heavy atom. The van der Waals surface area contributed by atoms with Gasteiger partial charge in [-0.05, 0) is 30.0 Å². The van der Waals surface area contributed by atoms with Crippen LogP contribution in [0.25, 0.3) is 0 Å². The maximum atomic E-state index is 6.48. The third-order valence-corrected chi connectivity index (χ3v) is 4.77. The standard InChI is InChI=1S/C23H23NO2/c24-23(14-15-23)20-12-7-13-21(25-16-18-8-3-1-4-9-18)22(20)26-17-19-10-5-2-6-11-19/h1-13H,14-17,24H2. The van der Waals surface area contributed by atoms with E-state index in [2.05, 4.69) is 30.3 Å². The van der Waals surface area contributed by atoms with Crippen LogP contribution in [0, 0.1) is 0 Å². The summed E-state index contributed by atoms with van der Waals surface area (Å²) in [5.74, 6) is 1.52. The molecule has 2 N–H and O–H groups in total. The van der Waals surface area contributed by atoms with Crippen molar-refractivity contribution < 1.29 is 9.47 Å². The highest BCUT2D eigenvalue weighted by Gasteiger charge is 2.43. The van der Waals surface area contributed by atoms with Crippen molar-refractivity contribution in [1.29, 1.82) is 0 Å². The first-order chi connectivity index (χ1) is 12.7. The van der Waals surface area contributed by atoms with Crippen LogP contribution in [0.1, 0.15) is 29.5 Å². The highest BCUT2D eigenvalue weighted by molar-refractivity contribution is 5.51. The Morgan fingerprint density at radius 1 is 0.692 bits per heavy atom. The molecule has 0 unspecified atom stereocenters. The summed E-state index contributed by atoms with van der Waals surface area (Å²) >= 11 is 0. The normalized spacial score (nSPS) is 14.7. The summed E-state index contributed by atoms with van der Waals surface area (Å²) in [7, 11) is 0. The average molecular weight is 345 g/mol. The second-order valence-corrected chi connectivity index (χ2v) is 6.84. The molecule has 0 amide bonds. The van der Waals surface area contributed by atoms with E-state index in [1.807, 2.05) is 48.5 Å². The van der Waals surface area contributed by atoms with E-state index < -0.39 is 0 Å². The summed E-state index contributed by atoms with van der Waals surface area (Å²) in [5.41, 5.74) is 9.49. The van der Waals surface area contributed by atoms with Crippen molar-refractivity contribution >= 4 is 0 Å². The molecule has 26 heavy (non-hydrogen) atoms. The van der Waals surface area contributed by atoms with Crippen LogP contribution in [0.15, 0.2) is 78.9 Å². The summed E-state index contributed by atoms with van der Waals surface area (Å²) in [6, 6.07) is 26.3. The lowest BCUT2D eigenvalue weighted by molar-refractivity contribution is 0.252. The molecule has 0 heterocycles. The SMILES string of the molecule is NC1(c2cccc(OCc3ccccc3)c2OCc2ccccc2)CC1. The van der Waals surface area contributed by atoms with E-state index in [0.29, 0.717) is 13.2 Å². The molecule has 3 nitrogen and oxygen atoms in total. The third kappa shape index (κ3) is 3.73. The van der Waals surface area contributed by atoms with Gasteiger partial charge < -0.3 is 15.2 Å². The Hall–Kier alpha value is -2.78. The maximum Gasteiger partial charge on any atom is 0.166 e. The molecule has 132 valence electrons. The number of para-hydroxylation sites is 1. The van der Waals surface area contributed by atoms with E-state index >= 15 is 0 Å². The van der Waals surface area contributed by atoms with Gasteiger partial charge in [0.2, 0.25) is 0 Å². The molecule has 0 bridgehead atoms. The zero-order valence-electron chi connectivity index (χ0n) is 14.7. The van der Waals surface area contributed by atoms with Crippen LogP contribution < -0.4 is 15.2 Å². The first kappa shape index (κ1) is 16.7. The smallest absolute Gasteiger partial charge is 0.166 e. The lowest BCUT2D eigenvalue weighted by Gasteiger charge is -2.20. The quantitative estimate of drug-likeness (QED) is 0.669. The maximum absolute atomic E-state index is 6.48. The highest BCUT2D eigenvalue weighted by atomic mass is 16.5. The molecule has 0 aliphatic heterocycles. The predicted octanol–water partition coefficient (Wildman–Crippen LogP) is 4.79. The number of benzene rings is 3. The van der Waals surface area contributed by atoms with Crippen molar-refractivity contribution in [3.05, 3.63) is 95.6 Å². The summed E-state index contributed by atoms with van der Waals surface area (Å²) in [4.78, 5) is 0. The Labute approximate surface area is 154 Å². The molecule has 0 spiro atoms. The molecule has 0 atom stereocenters. The molecule has 1 fully saturated rings. The van der Waals surface area contributed by atoms with Crippen molar-refractivity contribution in [2.75, 3.05) is 0 Å². The highest BCUT2D eigenvalue weighted by Crippen LogP contribution is 2.49. The first-order valence-corrected chi connectivity index (χ1v) is 9.00. The van der Waals surface area contributed by atoms with Gasteiger partial charge in [0.05, 0.1) is 0 Å². The molecule has 1 saturated carbocycles. The molecule has 1 aliphatic rings. The van der Waals surface area contributed by atoms with Gasteiger partial charge in [0, 0.05) is 11.1 Å².